The van der Waals surface area contributed by atoms with E-state index in [4.69, 9.17) is 0 Å². The zero-order valence-electron chi connectivity index (χ0n) is 15.5. The lowest BCUT2D eigenvalue weighted by molar-refractivity contribution is -0.159. The number of sulfonamides is 1. The van der Waals surface area contributed by atoms with Crippen LogP contribution in [0.2, 0.25) is 0 Å². The number of halogens is 6. The number of anilines is 1. The number of aromatic nitrogens is 2. The molecule has 0 saturated carbocycles. The van der Waals surface area contributed by atoms with E-state index in [0.29, 0.717) is 6.07 Å². The van der Waals surface area contributed by atoms with Crippen molar-refractivity contribution in [2.24, 2.45) is 0 Å². The summed E-state index contributed by atoms with van der Waals surface area (Å²) in [6.07, 6.45) is -9.51. The topological polar surface area (TPSA) is 102 Å². The van der Waals surface area contributed by atoms with Crippen LogP contribution in [0.5, 0.6) is 0 Å². The van der Waals surface area contributed by atoms with E-state index >= 15 is 0 Å². The van der Waals surface area contributed by atoms with Crippen LogP contribution < -0.4 is 4.72 Å². The van der Waals surface area contributed by atoms with E-state index in [0.717, 1.165) is 30.3 Å². The molecule has 7 nitrogen and oxygen atoms in total. The number of carbonyl (C=O) groups is 1. The molecule has 3 aromatic rings. The van der Waals surface area contributed by atoms with Crippen molar-refractivity contribution in [3.05, 3.63) is 65.5 Å². The molecule has 0 fully saturated rings. The average molecular weight is 479 g/mol. The highest BCUT2D eigenvalue weighted by Crippen LogP contribution is 2.31. The van der Waals surface area contributed by atoms with Crippen molar-refractivity contribution >= 4 is 21.5 Å². The molecule has 1 heterocycles. The summed E-state index contributed by atoms with van der Waals surface area (Å²) in [6.45, 7) is 0. The Morgan fingerprint density at radius 3 is 2.19 bits per heavy atom. The van der Waals surface area contributed by atoms with Crippen molar-refractivity contribution in [2.45, 2.75) is 12.4 Å². The first-order chi connectivity index (χ1) is 14.7. The molecule has 0 aliphatic heterocycles. The molecule has 0 bridgehead atoms. The maximum absolute atomic E-state index is 12.7. The van der Waals surface area contributed by atoms with Gasteiger partial charge in [-0.3, -0.25) is 9.52 Å². The second-order valence-electron chi connectivity index (χ2n) is 6.36. The van der Waals surface area contributed by atoms with Gasteiger partial charge in [0.05, 0.1) is 5.56 Å². The van der Waals surface area contributed by atoms with Crippen molar-refractivity contribution in [1.82, 2.24) is 10.1 Å². The predicted molar refractivity (Wildman–Crippen MR) is 97.9 cm³/mol. The third kappa shape index (κ3) is 5.63. The van der Waals surface area contributed by atoms with Gasteiger partial charge in [0, 0.05) is 16.8 Å². The van der Waals surface area contributed by atoms with Crippen LogP contribution in [0, 0.1) is 0 Å². The predicted octanol–water partition coefficient (Wildman–Crippen LogP) is 4.40. The van der Waals surface area contributed by atoms with E-state index in [9.17, 15) is 39.6 Å². The van der Waals surface area contributed by atoms with E-state index in [1.54, 1.807) is 0 Å². The molecule has 170 valence electrons. The van der Waals surface area contributed by atoms with Gasteiger partial charge in [-0.15, -0.1) is 0 Å². The van der Waals surface area contributed by atoms with Gasteiger partial charge in [-0.1, -0.05) is 35.5 Å². The van der Waals surface area contributed by atoms with Crippen LogP contribution in [-0.4, -0.2) is 30.1 Å². The van der Waals surface area contributed by atoms with Crippen LogP contribution >= 0.6 is 0 Å². The molecule has 0 atom stereocenters. The summed E-state index contributed by atoms with van der Waals surface area (Å²) in [5.41, 5.74) is -1.48. The summed E-state index contributed by atoms with van der Waals surface area (Å²) in [4.78, 5) is 15.4. The number of nitrogens with one attached hydrogen (secondary N) is 1. The molecule has 0 radical (unpaired) electrons. The minimum absolute atomic E-state index is 0.0748. The first-order valence-corrected chi connectivity index (χ1v) is 10.1. The highest BCUT2D eigenvalue weighted by molar-refractivity contribution is 7.93. The summed E-state index contributed by atoms with van der Waals surface area (Å²) in [7, 11) is -4.35. The van der Waals surface area contributed by atoms with Gasteiger partial charge in [-0.25, -0.2) is 8.42 Å². The summed E-state index contributed by atoms with van der Waals surface area (Å²) in [5, 5.41) is 3.18. The molecule has 1 N–H and O–H groups in total. The highest BCUT2D eigenvalue weighted by atomic mass is 32.2. The summed E-state index contributed by atoms with van der Waals surface area (Å²) in [6, 6.07) is 8.08. The molecule has 0 amide bonds. The van der Waals surface area contributed by atoms with Gasteiger partial charge in [0.1, 0.15) is 5.75 Å². The highest BCUT2D eigenvalue weighted by Gasteiger charge is 2.38. The second kappa shape index (κ2) is 8.26. The van der Waals surface area contributed by atoms with Gasteiger partial charge in [0.25, 0.3) is 0 Å². The lowest BCUT2D eigenvalue weighted by atomic mass is 10.1. The Hall–Kier alpha value is -3.42. The Balaban J connectivity index is 1.71. The van der Waals surface area contributed by atoms with E-state index < -0.39 is 51.2 Å². The number of nitrogens with zero attached hydrogens (tertiary/aromatic N) is 2. The molecule has 1 aromatic heterocycles. The van der Waals surface area contributed by atoms with Crippen LogP contribution in [0.25, 0.3) is 11.4 Å². The normalized spacial score (nSPS) is 12.6. The van der Waals surface area contributed by atoms with Crippen molar-refractivity contribution in [3.8, 4) is 11.4 Å². The Bertz CT molecular complexity index is 1230. The molecule has 0 saturated heterocycles. The Morgan fingerprint density at radius 2 is 1.62 bits per heavy atom. The minimum atomic E-state index is -4.83. The van der Waals surface area contributed by atoms with Gasteiger partial charge in [-0.05, 0) is 18.2 Å². The molecule has 0 aliphatic rings. The van der Waals surface area contributed by atoms with E-state index in [-0.39, 0.29) is 16.8 Å². The van der Waals surface area contributed by atoms with Gasteiger partial charge >= 0.3 is 18.2 Å². The summed E-state index contributed by atoms with van der Waals surface area (Å²) >= 11 is 0. The smallest absolute Gasteiger partial charge is 0.329 e. The number of benzene rings is 2. The van der Waals surface area contributed by atoms with Crippen LogP contribution in [0.1, 0.15) is 21.8 Å². The first kappa shape index (κ1) is 23.2. The monoisotopic (exact) mass is 479 g/mol. The number of hydrogen-bond donors (Lipinski definition) is 1. The van der Waals surface area contributed by atoms with Gasteiger partial charge in [0.15, 0.2) is 5.78 Å². The third-order valence-electron chi connectivity index (χ3n) is 3.92. The zero-order chi connectivity index (χ0) is 23.7. The van der Waals surface area contributed by atoms with Crippen LogP contribution in [0.15, 0.2) is 53.1 Å². The largest absolute Gasteiger partial charge is 0.471 e. The van der Waals surface area contributed by atoms with Gasteiger partial charge in [-0.2, -0.15) is 31.3 Å². The fraction of sp³-hybridized carbons (Fsp3) is 0.167. The van der Waals surface area contributed by atoms with E-state index in [1.807, 2.05) is 4.72 Å². The molecule has 32 heavy (non-hydrogen) atoms. The summed E-state index contributed by atoms with van der Waals surface area (Å²) < 4.78 is 106. The number of ketones is 1. The quantitative estimate of drug-likeness (QED) is 0.416. The Morgan fingerprint density at radius 1 is 0.969 bits per heavy atom. The fourth-order valence-electron chi connectivity index (χ4n) is 2.49. The van der Waals surface area contributed by atoms with E-state index in [2.05, 4.69) is 14.7 Å². The van der Waals surface area contributed by atoms with Crippen LogP contribution in [0.3, 0.4) is 0 Å². The molecule has 0 aliphatic carbocycles. The molecule has 3 rings (SSSR count). The number of Topliss-reactive ketones (excluding diaryl/α,β-unsaturated/α-hetero) is 1. The van der Waals surface area contributed by atoms with Crippen LogP contribution in [0.4, 0.5) is 32.0 Å². The molecular formula is C18H11F6N3O4S. The second-order valence-corrected chi connectivity index (χ2v) is 8.08. The van der Waals surface area contributed by atoms with Crippen molar-refractivity contribution in [2.75, 3.05) is 10.5 Å². The fourth-order valence-corrected chi connectivity index (χ4v) is 3.56. The number of rotatable bonds is 6. The third-order valence-corrected chi connectivity index (χ3v) is 5.11. The number of alkyl halides is 6. The summed E-state index contributed by atoms with van der Waals surface area (Å²) in [5.74, 6) is -3.93. The molecular weight excluding hydrogens is 468 g/mol. The maximum atomic E-state index is 12.7. The lowest BCUT2D eigenvalue weighted by Crippen LogP contribution is -2.23. The standard InChI is InChI=1S/C18H11F6N3O4S/c19-17(20,21)12-2-1-3-13(8-12)27-32(29,30)9-14(28)10-4-6-11(7-5-10)15-25-16(31-26-15)18(22,23)24/h1-8,27H,9H2. The molecule has 14 heteroatoms. The SMILES string of the molecule is O=C(CS(=O)(=O)Nc1cccc(C(F)(F)F)c1)c1ccc(-c2noc(C(F)(F)F)n2)cc1. The molecule has 0 unspecified atom stereocenters. The zero-order valence-corrected chi connectivity index (χ0v) is 16.3. The minimum Gasteiger partial charge on any atom is -0.329 e. The Labute approximate surface area is 176 Å². The lowest BCUT2D eigenvalue weighted by Gasteiger charge is -2.11. The van der Waals surface area contributed by atoms with Gasteiger partial charge in [0.2, 0.25) is 15.8 Å². The number of hydrogen-bond acceptors (Lipinski definition) is 6. The molecule has 2 aromatic carbocycles. The van der Waals surface area contributed by atoms with Crippen LogP contribution in [-0.2, 0) is 22.4 Å². The van der Waals surface area contributed by atoms with Gasteiger partial charge < -0.3 is 4.52 Å². The Kier molecular flexibility index (Phi) is 6.00. The first-order valence-electron chi connectivity index (χ1n) is 8.47. The number of carbonyl (C=O) groups excluding carboxylic acids is 1. The molecule has 0 spiro atoms. The average Bonchev–Trinajstić information content (AvgIpc) is 3.17. The van der Waals surface area contributed by atoms with Crippen molar-refractivity contribution in [3.63, 3.8) is 0 Å². The van der Waals surface area contributed by atoms with Crippen molar-refractivity contribution in [1.29, 1.82) is 0 Å². The van der Waals surface area contributed by atoms with Crippen molar-refractivity contribution < 1.29 is 44.1 Å². The van der Waals surface area contributed by atoms with E-state index in [1.165, 1.54) is 12.1 Å². The maximum Gasteiger partial charge on any atom is 0.471 e.